The van der Waals surface area contributed by atoms with Crippen molar-refractivity contribution in [3.8, 4) is 17.1 Å². The molecule has 0 spiro atoms. The van der Waals surface area contributed by atoms with Crippen LogP contribution in [0.1, 0.15) is 11.1 Å². The molecule has 0 radical (unpaired) electrons. The second-order valence-electron chi connectivity index (χ2n) is 6.14. The molecule has 1 N–H and O–H groups in total. The molecule has 0 aliphatic carbocycles. The minimum Gasteiger partial charge on any atom is -0.475 e. The van der Waals surface area contributed by atoms with Crippen molar-refractivity contribution in [3.05, 3.63) is 71.8 Å². The molecule has 0 unspecified atom stereocenters. The number of nitrogens with one attached hydrogen (secondary N) is 1. The number of hydrogen-bond donors (Lipinski definition) is 1. The van der Waals surface area contributed by atoms with Gasteiger partial charge in [0, 0.05) is 18.2 Å². The van der Waals surface area contributed by atoms with Gasteiger partial charge in [-0.05, 0) is 31.5 Å². The molecule has 0 fully saturated rings. The minimum atomic E-state index is -3.57. The van der Waals surface area contributed by atoms with E-state index in [1.165, 1.54) is 0 Å². The van der Waals surface area contributed by atoms with E-state index in [0.717, 1.165) is 16.8 Å². The summed E-state index contributed by atoms with van der Waals surface area (Å²) in [5.74, 6) is 0.348. The van der Waals surface area contributed by atoms with Crippen LogP contribution in [0, 0.1) is 13.8 Å². The van der Waals surface area contributed by atoms with Crippen molar-refractivity contribution < 1.29 is 13.2 Å². The van der Waals surface area contributed by atoms with E-state index in [4.69, 9.17) is 4.74 Å². The quantitative estimate of drug-likeness (QED) is 0.634. The number of aromatic nitrogens is 2. The van der Waals surface area contributed by atoms with E-state index in [2.05, 4.69) is 14.9 Å². The van der Waals surface area contributed by atoms with Crippen molar-refractivity contribution in [2.24, 2.45) is 0 Å². The fourth-order valence-corrected chi connectivity index (χ4v) is 3.91. The third-order valence-electron chi connectivity index (χ3n) is 3.97. The largest absolute Gasteiger partial charge is 0.475 e. The Balaban J connectivity index is 1.54. The lowest BCUT2D eigenvalue weighted by Crippen LogP contribution is -2.29. The van der Waals surface area contributed by atoms with Crippen molar-refractivity contribution >= 4 is 10.0 Å². The molecule has 1 aromatic heterocycles. The van der Waals surface area contributed by atoms with Crippen LogP contribution in [0.25, 0.3) is 11.3 Å². The highest BCUT2D eigenvalue weighted by molar-refractivity contribution is 7.89. The van der Waals surface area contributed by atoms with Crippen LogP contribution in [0.4, 0.5) is 0 Å². The molecule has 0 saturated heterocycles. The number of sulfonamides is 1. The van der Waals surface area contributed by atoms with Crippen LogP contribution in [0.2, 0.25) is 0 Å². The Hall–Kier alpha value is -2.77. The molecule has 0 aliphatic rings. The van der Waals surface area contributed by atoms with Crippen molar-refractivity contribution in [1.29, 1.82) is 0 Å². The Morgan fingerprint density at radius 3 is 2.41 bits per heavy atom. The van der Waals surface area contributed by atoms with E-state index < -0.39 is 10.0 Å². The molecule has 1 heterocycles. The Morgan fingerprint density at radius 1 is 0.963 bits per heavy atom. The molecule has 140 valence electrons. The zero-order valence-electron chi connectivity index (χ0n) is 15.2. The Labute approximate surface area is 159 Å². The molecular formula is C20H21N3O3S. The fourth-order valence-electron chi connectivity index (χ4n) is 2.67. The maximum absolute atomic E-state index is 12.4. The third-order valence-corrected chi connectivity index (χ3v) is 5.59. The zero-order chi connectivity index (χ0) is 19.3. The molecule has 0 bridgehead atoms. The predicted molar refractivity (Wildman–Crippen MR) is 104 cm³/mol. The normalized spacial score (nSPS) is 11.3. The van der Waals surface area contributed by atoms with Gasteiger partial charge < -0.3 is 4.74 Å². The molecule has 0 saturated carbocycles. The summed E-state index contributed by atoms with van der Waals surface area (Å²) >= 11 is 0. The van der Waals surface area contributed by atoms with Crippen LogP contribution < -0.4 is 9.46 Å². The molecule has 0 aliphatic heterocycles. The van der Waals surface area contributed by atoms with Gasteiger partial charge in [-0.1, -0.05) is 48.0 Å². The van der Waals surface area contributed by atoms with Gasteiger partial charge in [0.1, 0.15) is 6.61 Å². The number of rotatable bonds is 7. The number of hydrogen-bond acceptors (Lipinski definition) is 5. The first-order chi connectivity index (χ1) is 13.0. The van der Waals surface area contributed by atoms with Gasteiger partial charge in [-0.15, -0.1) is 10.2 Å². The van der Waals surface area contributed by atoms with Crippen molar-refractivity contribution in [3.63, 3.8) is 0 Å². The van der Waals surface area contributed by atoms with Gasteiger partial charge >= 0.3 is 0 Å². The van der Waals surface area contributed by atoms with Crippen LogP contribution in [0.5, 0.6) is 5.88 Å². The van der Waals surface area contributed by atoms with Gasteiger partial charge in [-0.25, -0.2) is 13.1 Å². The molecular weight excluding hydrogens is 362 g/mol. The van der Waals surface area contributed by atoms with Crippen molar-refractivity contribution in [2.75, 3.05) is 13.2 Å². The van der Waals surface area contributed by atoms with Crippen LogP contribution in [0.15, 0.2) is 65.6 Å². The standard InChI is InChI=1S/C20H21N3O3S/c1-15-8-10-19(16(2)14-15)27(24,25)21-12-13-26-20-11-9-18(22-23-20)17-6-4-3-5-7-17/h3-11,14,21H,12-13H2,1-2H3. The van der Waals surface area contributed by atoms with E-state index in [-0.39, 0.29) is 18.0 Å². The highest BCUT2D eigenvalue weighted by Gasteiger charge is 2.16. The van der Waals surface area contributed by atoms with Crippen LogP contribution in [-0.2, 0) is 10.0 Å². The fraction of sp³-hybridized carbons (Fsp3) is 0.200. The summed E-state index contributed by atoms with van der Waals surface area (Å²) in [5.41, 5.74) is 3.45. The third kappa shape index (κ3) is 4.90. The summed E-state index contributed by atoms with van der Waals surface area (Å²) in [6.45, 7) is 4.00. The molecule has 3 rings (SSSR count). The summed E-state index contributed by atoms with van der Waals surface area (Å²) < 4.78 is 32.8. The van der Waals surface area contributed by atoms with Gasteiger partial charge in [-0.2, -0.15) is 0 Å². The van der Waals surface area contributed by atoms with Gasteiger partial charge in [0.15, 0.2) is 0 Å². The predicted octanol–water partition coefficient (Wildman–Crippen LogP) is 3.12. The number of ether oxygens (including phenoxy) is 1. The lowest BCUT2D eigenvalue weighted by molar-refractivity contribution is 0.307. The maximum Gasteiger partial charge on any atom is 0.240 e. The maximum atomic E-state index is 12.4. The van der Waals surface area contributed by atoms with Crippen LogP contribution >= 0.6 is 0 Å². The van der Waals surface area contributed by atoms with E-state index in [0.29, 0.717) is 11.4 Å². The van der Waals surface area contributed by atoms with Crippen LogP contribution in [0.3, 0.4) is 0 Å². The van der Waals surface area contributed by atoms with Crippen molar-refractivity contribution in [2.45, 2.75) is 18.7 Å². The Kier molecular flexibility index (Phi) is 5.83. The lowest BCUT2D eigenvalue weighted by atomic mass is 10.1. The van der Waals surface area contributed by atoms with E-state index in [1.807, 2.05) is 49.4 Å². The van der Waals surface area contributed by atoms with E-state index >= 15 is 0 Å². The monoisotopic (exact) mass is 383 g/mol. The highest BCUT2D eigenvalue weighted by atomic mass is 32.2. The second kappa shape index (κ2) is 8.28. The van der Waals surface area contributed by atoms with Gasteiger partial charge in [0.2, 0.25) is 15.9 Å². The first kappa shape index (κ1) is 19.0. The van der Waals surface area contributed by atoms with E-state index in [9.17, 15) is 8.42 Å². The Bertz CT molecular complexity index is 1000. The smallest absolute Gasteiger partial charge is 0.240 e. The minimum absolute atomic E-state index is 0.137. The number of aryl methyl sites for hydroxylation is 2. The number of benzene rings is 2. The summed E-state index contributed by atoms with van der Waals surface area (Å²) in [6, 6.07) is 18.5. The lowest BCUT2D eigenvalue weighted by Gasteiger charge is -2.10. The summed E-state index contributed by atoms with van der Waals surface area (Å²) in [5, 5.41) is 8.15. The second-order valence-corrected chi connectivity index (χ2v) is 7.87. The molecule has 3 aromatic rings. The summed E-state index contributed by atoms with van der Waals surface area (Å²) in [4.78, 5) is 0.278. The molecule has 6 nitrogen and oxygen atoms in total. The summed E-state index contributed by atoms with van der Waals surface area (Å²) in [7, 11) is -3.57. The van der Waals surface area contributed by atoms with E-state index in [1.54, 1.807) is 25.1 Å². The molecule has 0 atom stereocenters. The Morgan fingerprint density at radius 2 is 1.74 bits per heavy atom. The van der Waals surface area contributed by atoms with Gasteiger partial charge in [0.05, 0.1) is 10.6 Å². The first-order valence-electron chi connectivity index (χ1n) is 8.54. The van der Waals surface area contributed by atoms with Gasteiger partial charge in [-0.3, -0.25) is 0 Å². The topological polar surface area (TPSA) is 81.2 Å². The average molecular weight is 383 g/mol. The average Bonchev–Trinajstić information content (AvgIpc) is 2.66. The first-order valence-corrected chi connectivity index (χ1v) is 10.0. The number of nitrogens with zero attached hydrogens (tertiary/aromatic N) is 2. The molecule has 7 heteroatoms. The van der Waals surface area contributed by atoms with Gasteiger partial charge in [0.25, 0.3) is 0 Å². The zero-order valence-corrected chi connectivity index (χ0v) is 16.0. The van der Waals surface area contributed by atoms with Crippen molar-refractivity contribution in [1.82, 2.24) is 14.9 Å². The highest BCUT2D eigenvalue weighted by Crippen LogP contribution is 2.17. The molecule has 2 aromatic carbocycles. The summed E-state index contributed by atoms with van der Waals surface area (Å²) in [6.07, 6.45) is 0. The van der Waals surface area contributed by atoms with Crippen LogP contribution in [-0.4, -0.2) is 31.8 Å². The molecule has 27 heavy (non-hydrogen) atoms. The SMILES string of the molecule is Cc1ccc(S(=O)(=O)NCCOc2ccc(-c3ccccc3)nn2)c(C)c1. The molecule has 0 amide bonds.